The van der Waals surface area contributed by atoms with Crippen molar-refractivity contribution >= 4 is 23.2 Å². The molecule has 1 amide bonds. The second-order valence-electron chi connectivity index (χ2n) is 5.08. The molecule has 0 spiro atoms. The molecule has 0 aliphatic carbocycles. The van der Waals surface area contributed by atoms with Gasteiger partial charge in [-0.3, -0.25) is 4.79 Å². The van der Waals surface area contributed by atoms with Crippen LogP contribution in [0.2, 0.25) is 5.02 Å². The summed E-state index contributed by atoms with van der Waals surface area (Å²) >= 11 is 5.57. The van der Waals surface area contributed by atoms with E-state index < -0.39 is 17.6 Å². The summed E-state index contributed by atoms with van der Waals surface area (Å²) in [5.41, 5.74) is -1.22. The lowest BCUT2D eigenvalue weighted by Crippen LogP contribution is -2.25. The SMILES string of the molecule is CC(C)CNCCC(=O)Nc1ccc(Cl)cc1C(F)(F)F. The highest BCUT2D eigenvalue weighted by molar-refractivity contribution is 6.30. The first-order chi connectivity index (χ1) is 9.70. The molecule has 0 atom stereocenters. The normalized spacial score (nSPS) is 11.8. The standard InChI is InChI=1S/C14H18ClF3N2O/c1-9(2)8-19-6-5-13(21)20-12-4-3-10(15)7-11(12)14(16,17)18/h3-4,7,9,19H,5-6,8H2,1-2H3,(H,20,21). The van der Waals surface area contributed by atoms with Gasteiger partial charge in [0.15, 0.2) is 0 Å². The molecule has 0 aromatic heterocycles. The molecule has 0 saturated heterocycles. The quantitative estimate of drug-likeness (QED) is 0.779. The van der Waals surface area contributed by atoms with Crippen LogP contribution in [0, 0.1) is 5.92 Å². The third kappa shape index (κ3) is 6.35. The van der Waals surface area contributed by atoms with Gasteiger partial charge in [-0.2, -0.15) is 13.2 Å². The summed E-state index contributed by atoms with van der Waals surface area (Å²) in [5, 5.41) is 5.30. The summed E-state index contributed by atoms with van der Waals surface area (Å²) in [4.78, 5) is 11.7. The summed E-state index contributed by atoms with van der Waals surface area (Å²) < 4.78 is 38.6. The summed E-state index contributed by atoms with van der Waals surface area (Å²) in [6.07, 6.45) is -4.46. The first-order valence-electron chi connectivity index (χ1n) is 6.57. The number of hydrogen-bond donors (Lipinski definition) is 2. The van der Waals surface area contributed by atoms with Crippen molar-refractivity contribution < 1.29 is 18.0 Å². The van der Waals surface area contributed by atoms with Crippen molar-refractivity contribution in [2.45, 2.75) is 26.4 Å². The van der Waals surface area contributed by atoms with Crippen LogP contribution in [0.4, 0.5) is 18.9 Å². The number of hydrogen-bond acceptors (Lipinski definition) is 2. The Labute approximate surface area is 126 Å². The largest absolute Gasteiger partial charge is 0.418 e. The summed E-state index contributed by atoms with van der Waals surface area (Å²) in [7, 11) is 0. The number of amides is 1. The van der Waals surface area contributed by atoms with Crippen LogP contribution in [0.15, 0.2) is 18.2 Å². The molecular weight excluding hydrogens is 305 g/mol. The van der Waals surface area contributed by atoms with E-state index in [-0.39, 0.29) is 17.1 Å². The van der Waals surface area contributed by atoms with E-state index in [1.54, 1.807) is 0 Å². The molecule has 21 heavy (non-hydrogen) atoms. The number of carbonyl (C=O) groups is 1. The zero-order chi connectivity index (χ0) is 16.0. The predicted octanol–water partition coefficient (Wildman–Crippen LogP) is 3.93. The van der Waals surface area contributed by atoms with Gasteiger partial charge in [0.05, 0.1) is 11.3 Å². The predicted molar refractivity (Wildman–Crippen MR) is 77.4 cm³/mol. The topological polar surface area (TPSA) is 41.1 Å². The van der Waals surface area contributed by atoms with Gasteiger partial charge in [-0.05, 0) is 30.7 Å². The molecular formula is C14H18ClF3N2O. The average molecular weight is 323 g/mol. The summed E-state index contributed by atoms with van der Waals surface area (Å²) in [5.74, 6) is -0.0276. The minimum absolute atomic E-state index is 0.0288. The number of benzene rings is 1. The molecule has 0 aliphatic rings. The van der Waals surface area contributed by atoms with Gasteiger partial charge in [0, 0.05) is 18.0 Å². The molecule has 0 radical (unpaired) electrons. The lowest BCUT2D eigenvalue weighted by Gasteiger charge is -2.14. The van der Waals surface area contributed by atoms with Crippen LogP contribution >= 0.6 is 11.6 Å². The maximum absolute atomic E-state index is 12.9. The molecule has 0 aliphatic heterocycles. The molecule has 3 nitrogen and oxygen atoms in total. The zero-order valence-corrected chi connectivity index (χ0v) is 12.6. The minimum Gasteiger partial charge on any atom is -0.325 e. The Morgan fingerprint density at radius 2 is 2.00 bits per heavy atom. The summed E-state index contributed by atoms with van der Waals surface area (Å²) in [6.45, 7) is 5.22. The van der Waals surface area contributed by atoms with E-state index in [1.807, 2.05) is 13.8 Å². The second kappa shape index (κ2) is 7.66. The molecule has 1 rings (SSSR count). The van der Waals surface area contributed by atoms with Crippen molar-refractivity contribution in [1.29, 1.82) is 0 Å². The first kappa shape index (κ1) is 17.8. The van der Waals surface area contributed by atoms with Crippen LogP contribution in [0.1, 0.15) is 25.8 Å². The Bertz CT molecular complexity index is 490. The fourth-order valence-corrected chi connectivity index (χ4v) is 1.84. The molecule has 2 N–H and O–H groups in total. The highest BCUT2D eigenvalue weighted by atomic mass is 35.5. The van der Waals surface area contributed by atoms with Crippen LogP contribution in [0.5, 0.6) is 0 Å². The molecule has 0 unspecified atom stereocenters. The van der Waals surface area contributed by atoms with Crippen LogP contribution in [0.3, 0.4) is 0 Å². The molecule has 1 aromatic carbocycles. The van der Waals surface area contributed by atoms with Crippen molar-refractivity contribution in [2.24, 2.45) is 5.92 Å². The maximum atomic E-state index is 12.9. The van der Waals surface area contributed by atoms with Gasteiger partial charge in [0.2, 0.25) is 5.91 Å². The smallest absolute Gasteiger partial charge is 0.325 e. The van der Waals surface area contributed by atoms with E-state index in [4.69, 9.17) is 11.6 Å². The average Bonchev–Trinajstić information content (AvgIpc) is 2.35. The van der Waals surface area contributed by atoms with Crippen LogP contribution in [0.25, 0.3) is 0 Å². The van der Waals surface area contributed by atoms with Gasteiger partial charge >= 0.3 is 6.18 Å². The fourth-order valence-electron chi connectivity index (χ4n) is 1.67. The Morgan fingerprint density at radius 3 is 2.57 bits per heavy atom. The van der Waals surface area contributed by atoms with Crippen molar-refractivity contribution in [3.63, 3.8) is 0 Å². The fraction of sp³-hybridized carbons (Fsp3) is 0.500. The number of nitrogens with one attached hydrogen (secondary N) is 2. The summed E-state index contributed by atoms with van der Waals surface area (Å²) in [6, 6.07) is 3.27. The lowest BCUT2D eigenvalue weighted by molar-refractivity contribution is -0.137. The van der Waals surface area contributed by atoms with Gasteiger partial charge in [0.1, 0.15) is 0 Å². The monoisotopic (exact) mass is 322 g/mol. The molecule has 1 aromatic rings. The molecule has 0 bridgehead atoms. The Morgan fingerprint density at radius 1 is 1.33 bits per heavy atom. The third-order valence-electron chi connectivity index (χ3n) is 2.64. The Balaban J connectivity index is 2.64. The van der Waals surface area contributed by atoms with Gasteiger partial charge in [0.25, 0.3) is 0 Å². The van der Waals surface area contributed by atoms with E-state index in [2.05, 4.69) is 10.6 Å². The van der Waals surface area contributed by atoms with Crippen molar-refractivity contribution in [3.8, 4) is 0 Å². The first-order valence-corrected chi connectivity index (χ1v) is 6.95. The van der Waals surface area contributed by atoms with Crippen LogP contribution in [-0.4, -0.2) is 19.0 Å². The van der Waals surface area contributed by atoms with Gasteiger partial charge in [-0.15, -0.1) is 0 Å². The third-order valence-corrected chi connectivity index (χ3v) is 2.88. The van der Waals surface area contributed by atoms with E-state index in [0.717, 1.165) is 18.7 Å². The van der Waals surface area contributed by atoms with Gasteiger partial charge < -0.3 is 10.6 Å². The molecule has 0 fully saturated rings. The highest BCUT2D eigenvalue weighted by Crippen LogP contribution is 2.36. The van der Waals surface area contributed by atoms with Crippen LogP contribution < -0.4 is 10.6 Å². The molecule has 118 valence electrons. The molecule has 7 heteroatoms. The van der Waals surface area contributed by atoms with E-state index in [9.17, 15) is 18.0 Å². The van der Waals surface area contributed by atoms with E-state index in [0.29, 0.717) is 12.5 Å². The molecule has 0 saturated carbocycles. The number of carbonyl (C=O) groups excluding carboxylic acids is 1. The maximum Gasteiger partial charge on any atom is 0.418 e. The number of alkyl halides is 3. The number of halogens is 4. The lowest BCUT2D eigenvalue weighted by atomic mass is 10.1. The van der Waals surface area contributed by atoms with Gasteiger partial charge in [-0.25, -0.2) is 0 Å². The van der Waals surface area contributed by atoms with Crippen molar-refractivity contribution in [1.82, 2.24) is 5.32 Å². The number of anilines is 1. The van der Waals surface area contributed by atoms with Crippen molar-refractivity contribution in [2.75, 3.05) is 18.4 Å². The van der Waals surface area contributed by atoms with E-state index in [1.165, 1.54) is 6.07 Å². The minimum atomic E-state index is -4.57. The zero-order valence-electron chi connectivity index (χ0n) is 11.9. The molecule has 0 heterocycles. The van der Waals surface area contributed by atoms with Crippen LogP contribution in [-0.2, 0) is 11.0 Å². The van der Waals surface area contributed by atoms with E-state index >= 15 is 0 Å². The van der Waals surface area contributed by atoms with Gasteiger partial charge in [-0.1, -0.05) is 25.4 Å². The Kier molecular flexibility index (Phi) is 6.48. The highest BCUT2D eigenvalue weighted by Gasteiger charge is 2.34. The van der Waals surface area contributed by atoms with Crippen molar-refractivity contribution in [3.05, 3.63) is 28.8 Å². The Hall–Kier alpha value is -1.27. The number of rotatable bonds is 6. The second-order valence-corrected chi connectivity index (χ2v) is 5.52.